The second-order valence-corrected chi connectivity index (χ2v) is 9.52. The molecule has 5 unspecified atom stereocenters. The Morgan fingerprint density at radius 2 is 0.950 bits per heavy atom. The van der Waals surface area contributed by atoms with Gasteiger partial charge >= 0.3 is 0 Å². The number of hydrogen-bond donors (Lipinski definition) is 0. The number of hydrogen-bond acceptors (Lipinski definition) is 0. The quantitative estimate of drug-likeness (QED) is 0.497. The lowest BCUT2D eigenvalue weighted by Crippen LogP contribution is -2.41. The van der Waals surface area contributed by atoms with Gasteiger partial charge in [0.15, 0.2) is 0 Å². The first-order chi connectivity index (χ1) is 8.74. The molecule has 0 spiro atoms. The summed E-state index contributed by atoms with van der Waals surface area (Å²) in [6, 6.07) is 0. The summed E-state index contributed by atoms with van der Waals surface area (Å²) in [5, 5.41) is 0. The third kappa shape index (κ3) is 4.50. The Bertz CT molecular complexity index is 279. The Kier molecular flexibility index (Phi) is 6.84. The molecule has 0 aliphatic carbocycles. The molecule has 0 saturated carbocycles. The first kappa shape index (κ1) is 20.0. The molecule has 5 atom stereocenters. The molecule has 0 saturated heterocycles. The molecule has 0 nitrogen and oxygen atoms in total. The molecule has 0 heteroatoms. The maximum atomic E-state index is 2.48. The van der Waals surface area contributed by atoms with Gasteiger partial charge in [0, 0.05) is 0 Å². The predicted molar refractivity (Wildman–Crippen MR) is 93.9 cm³/mol. The molecule has 0 aliphatic heterocycles. The molecule has 0 aromatic carbocycles. The normalized spacial score (nSPS) is 21.4. The smallest absolute Gasteiger partial charge is 0.0295 e. The van der Waals surface area contributed by atoms with Crippen LogP contribution in [-0.2, 0) is 0 Å². The summed E-state index contributed by atoms with van der Waals surface area (Å²) >= 11 is 0. The molecule has 0 radical (unpaired) electrons. The van der Waals surface area contributed by atoms with E-state index in [1.54, 1.807) is 0 Å². The minimum Gasteiger partial charge on any atom is -0.0625 e. The highest BCUT2D eigenvalue weighted by Crippen LogP contribution is 2.49. The van der Waals surface area contributed by atoms with E-state index in [1.165, 1.54) is 0 Å². The zero-order valence-corrected chi connectivity index (χ0v) is 16.5. The summed E-state index contributed by atoms with van der Waals surface area (Å²) < 4.78 is 0. The van der Waals surface area contributed by atoms with Crippen LogP contribution in [0, 0.1) is 46.3 Å². The maximum absolute atomic E-state index is 2.48. The van der Waals surface area contributed by atoms with Crippen molar-refractivity contribution in [2.75, 3.05) is 0 Å². The summed E-state index contributed by atoms with van der Waals surface area (Å²) in [6.07, 6.45) is 0. The van der Waals surface area contributed by atoms with Gasteiger partial charge in [-0.2, -0.15) is 0 Å². The molecule has 0 rings (SSSR count). The van der Waals surface area contributed by atoms with Gasteiger partial charge in [-0.25, -0.2) is 0 Å². The van der Waals surface area contributed by atoms with E-state index in [1.807, 2.05) is 0 Å². The van der Waals surface area contributed by atoms with Crippen LogP contribution in [0.25, 0.3) is 0 Å². The monoisotopic (exact) mass is 282 g/mol. The van der Waals surface area contributed by atoms with E-state index in [-0.39, 0.29) is 0 Å². The molecule has 0 aromatic heterocycles. The van der Waals surface area contributed by atoms with Crippen molar-refractivity contribution in [2.45, 2.75) is 83.1 Å². The Morgan fingerprint density at radius 3 is 1.25 bits per heavy atom. The van der Waals surface area contributed by atoms with Crippen LogP contribution in [0.4, 0.5) is 0 Å². The summed E-state index contributed by atoms with van der Waals surface area (Å²) in [4.78, 5) is 0. The summed E-state index contributed by atoms with van der Waals surface area (Å²) in [5.41, 5.74) is 0.757. The summed E-state index contributed by atoms with van der Waals surface area (Å²) in [5.74, 6) is 4.60. The molecule has 0 amide bonds. The molecule has 0 bridgehead atoms. The van der Waals surface area contributed by atoms with Crippen LogP contribution in [0.2, 0.25) is 0 Å². The standard InChI is InChI=1S/C20H42/c1-13(2)14(3)15(4)16(5)17(6)20(11,12)18(7)19(8,9)10/h13-18H,1-12H3. The zero-order valence-electron chi connectivity index (χ0n) is 16.5. The topological polar surface area (TPSA) is 0 Å². The average Bonchev–Trinajstić information content (AvgIpc) is 2.32. The van der Waals surface area contributed by atoms with Crippen molar-refractivity contribution in [1.29, 1.82) is 0 Å². The molecule has 0 aliphatic rings. The van der Waals surface area contributed by atoms with Crippen molar-refractivity contribution in [3.05, 3.63) is 0 Å². The van der Waals surface area contributed by atoms with Gasteiger partial charge in [-0.3, -0.25) is 0 Å². The Hall–Kier alpha value is 0. The van der Waals surface area contributed by atoms with Crippen LogP contribution < -0.4 is 0 Å². The highest BCUT2D eigenvalue weighted by atomic mass is 14.5. The van der Waals surface area contributed by atoms with Gasteiger partial charge in [0.25, 0.3) is 0 Å². The lowest BCUT2D eigenvalue weighted by atomic mass is 9.57. The summed E-state index contributed by atoms with van der Waals surface area (Å²) in [7, 11) is 0. The molecule has 20 heavy (non-hydrogen) atoms. The fraction of sp³-hybridized carbons (Fsp3) is 1.00. The fourth-order valence-corrected chi connectivity index (χ4v) is 3.73. The van der Waals surface area contributed by atoms with Gasteiger partial charge in [0.1, 0.15) is 0 Å². The minimum atomic E-state index is 0.378. The minimum absolute atomic E-state index is 0.378. The van der Waals surface area contributed by atoms with E-state index in [9.17, 15) is 0 Å². The third-order valence-electron chi connectivity index (χ3n) is 7.09. The van der Waals surface area contributed by atoms with E-state index in [0.29, 0.717) is 16.7 Å². The SMILES string of the molecule is CC(C)C(C)C(C)C(C)C(C)C(C)(C)C(C)C(C)(C)C. The van der Waals surface area contributed by atoms with Crippen molar-refractivity contribution >= 4 is 0 Å². The Morgan fingerprint density at radius 1 is 0.550 bits per heavy atom. The Balaban J connectivity index is 5.09. The highest BCUT2D eigenvalue weighted by molar-refractivity contribution is 4.90. The van der Waals surface area contributed by atoms with Gasteiger partial charge in [-0.1, -0.05) is 83.1 Å². The predicted octanol–water partition coefficient (Wildman–Crippen LogP) is 6.90. The van der Waals surface area contributed by atoms with E-state index in [0.717, 1.165) is 29.6 Å². The fourth-order valence-electron chi connectivity index (χ4n) is 3.73. The first-order valence-electron chi connectivity index (χ1n) is 8.74. The average molecular weight is 283 g/mol. The highest BCUT2D eigenvalue weighted by Gasteiger charge is 2.41. The molecule has 0 aromatic rings. The summed E-state index contributed by atoms with van der Waals surface area (Å²) in [6.45, 7) is 29.1. The third-order valence-corrected chi connectivity index (χ3v) is 7.09. The van der Waals surface area contributed by atoms with Gasteiger partial charge in [-0.15, -0.1) is 0 Å². The largest absolute Gasteiger partial charge is 0.0625 e. The van der Waals surface area contributed by atoms with Crippen LogP contribution in [0.1, 0.15) is 83.1 Å². The molecule has 0 fully saturated rings. The van der Waals surface area contributed by atoms with Gasteiger partial charge in [0.2, 0.25) is 0 Å². The second-order valence-electron chi connectivity index (χ2n) is 9.52. The molecule has 122 valence electrons. The van der Waals surface area contributed by atoms with Crippen molar-refractivity contribution in [1.82, 2.24) is 0 Å². The van der Waals surface area contributed by atoms with Crippen LogP contribution in [0.5, 0.6) is 0 Å². The first-order valence-corrected chi connectivity index (χ1v) is 8.74. The molecule has 0 N–H and O–H groups in total. The van der Waals surface area contributed by atoms with Crippen molar-refractivity contribution < 1.29 is 0 Å². The second kappa shape index (κ2) is 6.84. The van der Waals surface area contributed by atoms with Crippen LogP contribution in [-0.4, -0.2) is 0 Å². The van der Waals surface area contributed by atoms with Gasteiger partial charge in [0.05, 0.1) is 0 Å². The van der Waals surface area contributed by atoms with Crippen LogP contribution in [0.15, 0.2) is 0 Å². The van der Waals surface area contributed by atoms with E-state index >= 15 is 0 Å². The van der Waals surface area contributed by atoms with Crippen LogP contribution >= 0.6 is 0 Å². The molecular formula is C20H42. The van der Waals surface area contributed by atoms with E-state index in [4.69, 9.17) is 0 Å². The van der Waals surface area contributed by atoms with Crippen LogP contribution in [0.3, 0.4) is 0 Å². The van der Waals surface area contributed by atoms with Gasteiger partial charge < -0.3 is 0 Å². The van der Waals surface area contributed by atoms with Crippen molar-refractivity contribution in [3.8, 4) is 0 Å². The zero-order chi connectivity index (χ0) is 16.5. The number of rotatable bonds is 6. The maximum Gasteiger partial charge on any atom is -0.0295 e. The lowest BCUT2D eigenvalue weighted by molar-refractivity contribution is 0.00576. The molecular weight excluding hydrogens is 240 g/mol. The van der Waals surface area contributed by atoms with E-state index in [2.05, 4.69) is 83.1 Å². The lowest BCUT2D eigenvalue weighted by Gasteiger charge is -2.48. The van der Waals surface area contributed by atoms with Gasteiger partial charge in [-0.05, 0) is 46.3 Å². The van der Waals surface area contributed by atoms with E-state index < -0.39 is 0 Å². The Labute approximate surface area is 130 Å². The van der Waals surface area contributed by atoms with Crippen molar-refractivity contribution in [3.63, 3.8) is 0 Å². The molecule has 0 heterocycles. The van der Waals surface area contributed by atoms with Crippen molar-refractivity contribution in [2.24, 2.45) is 46.3 Å².